The summed E-state index contributed by atoms with van der Waals surface area (Å²) in [6.07, 6.45) is 0. The zero-order chi connectivity index (χ0) is 7.65. The second kappa shape index (κ2) is 4.88. The van der Waals surface area contributed by atoms with Crippen molar-refractivity contribution in [3.8, 4) is 0 Å². The van der Waals surface area contributed by atoms with Crippen molar-refractivity contribution in [2.45, 2.75) is 27.7 Å². The zero-order valence-electron chi connectivity index (χ0n) is 7.65. The van der Waals surface area contributed by atoms with Crippen LogP contribution in [0.25, 0.3) is 0 Å². The quantitative estimate of drug-likeness (QED) is 0.621. The van der Waals surface area contributed by atoms with Crippen molar-refractivity contribution < 1.29 is 32.7 Å². The van der Waals surface area contributed by atoms with E-state index in [-0.39, 0.29) is 38.1 Å². The van der Waals surface area contributed by atoms with Crippen molar-refractivity contribution in [1.82, 2.24) is 0 Å². The molecule has 59 valence electrons. The van der Waals surface area contributed by atoms with E-state index in [0.717, 1.165) is 0 Å². The monoisotopic (exact) mass is 215 g/mol. The molecule has 0 amide bonds. The van der Waals surface area contributed by atoms with E-state index in [1.54, 1.807) is 0 Å². The van der Waals surface area contributed by atoms with Gasteiger partial charge < -0.3 is 13.8 Å². The predicted octanol–water partition coefficient (Wildman–Crippen LogP) is 2.95. The van der Waals surface area contributed by atoms with Crippen LogP contribution in [-0.4, -0.2) is 0 Å². The van der Waals surface area contributed by atoms with Gasteiger partial charge in [0.1, 0.15) is 0 Å². The third kappa shape index (κ3) is 3.48. The van der Waals surface area contributed by atoms with Crippen LogP contribution in [0.2, 0.25) is 0 Å². The Balaban J connectivity index is 0. The summed E-state index contributed by atoms with van der Waals surface area (Å²) in [6.45, 7) is 16.8. The number of hydrogen-bond donors (Lipinski definition) is 0. The first-order chi connectivity index (χ1) is 3.89. The van der Waals surface area contributed by atoms with Crippen molar-refractivity contribution in [1.29, 1.82) is 0 Å². The minimum Gasteiger partial charge on any atom is -0.366 e. The molecule has 0 unspecified atom stereocenters. The minimum absolute atomic E-state index is 0. The summed E-state index contributed by atoms with van der Waals surface area (Å²) in [6, 6.07) is 0. The topological polar surface area (TPSA) is 0 Å². The van der Waals surface area contributed by atoms with Crippen LogP contribution in [0.1, 0.15) is 27.7 Å². The molecule has 0 aliphatic rings. The fraction of sp³-hybridized carbons (Fsp3) is 0.778. The SMILES string of the molecule is [CH2-]C([CH2-])(C(C)C)C(C)C.[Y]. The molecular formula is C9H18Y-2. The summed E-state index contributed by atoms with van der Waals surface area (Å²) in [5.74, 6) is 1.13. The van der Waals surface area contributed by atoms with E-state index in [9.17, 15) is 0 Å². The molecule has 0 nitrogen and oxygen atoms in total. The second-order valence-corrected chi connectivity index (χ2v) is 3.54. The first kappa shape index (κ1) is 13.7. The van der Waals surface area contributed by atoms with E-state index in [1.807, 2.05) is 0 Å². The average Bonchev–Trinajstić information content (AvgIpc) is 1.65. The van der Waals surface area contributed by atoms with Gasteiger partial charge in [-0.1, -0.05) is 39.5 Å². The van der Waals surface area contributed by atoms with E-state index < -0.39 is 0 Å². The summed E-state index contributed by atoms with van der Waals surface area (Å²) in [4.78, 5) is 0. The zero-order valence-corrected chi connectivity index (χ0v) is 10.5. The molecule has 1 heteroatoms. The van der Waals surface area contributed by atoms with Crippen LogP contribution in [0.5, 0.6) is 0 Å². The van der Waals surface area contributed by atoms with Gasteiger partial charge in [0.15, 0.2) is 0 Å². The van der Waals surface area contributed by atoms with Crippen LogP contribution in [0.4, 0.5) is 0 Å². The van der Waals surface area contributed by atoms with Crippen molar-refractivity contribution in [3.63, 3.8) is 0 Å². The maximum absolute atomic E-state index is 4.06. The molecule has 0 aromatic carbocycles. The molecule has 0 spiro atoms. The molecule has 0 saturated carbocycles. The molecule has 0 atom stereocenters. The Hall–Kier alpha value is 1.10. The van der Waals surface area contributed by atoms with Gasteiger partial charge in [-0.05, 0) is 0 Å². The summed E-state index contributed by atoms with van der Waals surface area (Å²) >= 11 is 0. The van der Waals surface area contributed by atoms with Gasteiger partial charge >= 0.3 is 0 Å². The number of rotatable bonds is 2. The molecule has 0 rings (SSSR count). The molecule has 0 aliphatic heterocycles. The summed E-state index contributed by atoms with van der Waals surface area (Å²) in [5, 5.41) is 0. The Morgan fingerprint density at radius 1 is 0.900 bits per heavy atom. The first-order valence-corrected chi connectivity index (χ1v) is 3.59. The molecule has 0 aromatic rings. The molecule has 10 heavy (non-hydrogen) atoms. The molecule has 0 fully saturated rings. The van der Waals surface area contributed by atoms with Crippen LogP contribution in [-0.2, 0) is 32.7 Å². The first-order valence-electron chi connectivity index (χ1n) is 3.59. The second-order valence-electron chi connectivity index (χ2n) is 3.54. The van der Waals surface area contributed by atoms with Crippen molar-refractivity contribution >= 4 is 0 Å². The molecule has 0 heterocycles. The molecule has 0 aromatic heterocycles. The van der Waals surface area contributed by atoms with Gasteiger partial charge in [0, 0.05) is 32.7 Å². The van der Waals surface area contributed by atoms with E-state index >= 15 is 0 Å². The Morgan fingerprint density at radius 2 is 1.10 bits per heavy atom. The fourth-order valence-corrected chi connectivity index (χ4v) is 0.667. The van der Waals surface area contributed by atoms with Gasteiger partial charge in [-0.15, -0.1) is 0 Å². The predicted molar refractivity (Wildman–Crippen MR) is 42.8 cm³/mol. The molecule has 0 bridgehead atoms. The Morgan fingerprint density at radius 3 is 1.10 bits per heavy atom. The maximum atomic E-state index is 4.06. The van der Waals surface area contributed by atoms with Gasteiger partial charge in [-0.25, -0.2) is 0 Å². The van der Waals surface area contributed by atoms with Gasteiger partial charge in [0.2, 0.25) is 0 Å². The smallest absolute Gasteiger partial charge is 0 e. The minimum atomic E-state index is 0. The van der Waals surface area contributed by atoms with Crippen LogP contribution >= 0.6 is 0 Å². The Bertz CT molecular complexity index is 72.7. The average molecular weight is 215 g/mol. The van der Waals surface area contributed by atoms with Gasteiger partial charge in [0.05, 0.1) is 0 Å². The molecule has 0 N–H and O–H groups in total. The Labute approximate surface area is 91.0 Å². The summed E-state index contributed by atoms with van der Waals surface area (Å²) < 4.78 is 0. The van der Waals surface area contributed by atoms with E-state index in [2.05, 4.69) is 41.5 Å². The van der Waals surface area contributed by atoms with Gasteiger partial charge in [-0.2, -0.15) is 0 Å². The van der Waals surface area contributed by atoms with Crippen LogP contribution in [0.15, 0.2) is 0 Å². The maximum Gasteiger partial charge on any atom is 0 e. The summed E-state index contributed by atoms with van der Waals surface area (Å²) in [5.41, 5.74) is 0.000000000000000222. The van der Waals surface area contributed by atoms with Crippen LogP contribution in [0, 0.1) is 31.1 Å². The van der Waals surface area contributed by atoms with Crippen LogP contribution < -0.4 is 0 Å². The van der Waals surface area contributed by atoms with Crippen LogP contribution in [0.3, 0.4) is 0 Å². The van der Waals surface area contributed by atoms with Crippen molar-refractivity contribution in [2.75, 3.05) is 0 Å². The molecule has 0 saturated heterocycles. The molecular weight excluding hydrogens is 197 g/mol. The third-order valence-corrected chi connectivity index (χ3v) is 2.30. The normalized spacial score (nSPS) is 12.0. The standard InChI is InChI=1S/C9H18.Y/c1-7(2)9(5,6)8(3)4;/h7-8H,5-6H2,1-4H3;/q-2;. The van der Waals surface area contributed by atoms with Gasteiger partial charge in [0.25, 0.3) is 0 Å². The molecule has 0 aliphatic carbocycles. The number of hydrogen-bond acceptors (Lipinski definition) is 0. The van der Waals surface area contributed by atoms with E-state index in [1.165, 1.54) is 0 Å². The van der Waals surface area contributed by atoms with E-state index in [0.29, 0.717) is 11.8 Å². The third-order valence-electron chi connectivity index (χ3n) is 2.30. The summed E-state index contributed by atoms with van der Waals surface area (Å²) in [7, 11) is 0. The van der Waals surface area contributed by atoms with Gasteiger partial charge in [-0.3, -0.25) is 5.41 Å². The molecule has 1 radical (unpaired) electrons. The van der Waals surface area contributed by atoms with Crippen molar-refractivity contribution in [3.05, 3.63) is 13.8 Å². The Kier molecular flexibility index (Phi) is 6.67. The van der Waals surface area contributed by atoms with Crippen molar-refractivity contribution in [2.24, 2.45) is 17.3 Å². The van der Waals surface area contributed by atoms with E-state index in [4.69, 9.17) is 0 Å². The fourth-order valence-electron chi connectivity index (χ4n) is 0.667. The largest absolute Gasteiger partial charge is 0.366 e.